The van der Waals surface area contributed by atoms with Crippen LogP contribution in [0.2, 0.25) is 18.1 Å². The summed E-state index contributed by atoms with van der Waals surface area (Å²) in [5, 5.41) is 2.47. The molecule has 0 aromatic carbocycles. The Hall–Kier alpha value is -1.30. The normalized spacial score (nSPS) is 14.0. The van der Waals surface area contributed by atoms with Gasteiger partial charge in [-0.2, -0.15) is 0 Å². The maximum Gasteiger partial charge on any atom is 0.408 e. The molecule has 5 nitrogen and oxygen atoms in total. The zero-order valence-electron chi connectivity index (χ0n) is 15.2. The van der Waals surface area contributed by atoms with Crippen LogP contribution in [0, 0.1) is 0 Å². The lowest BCUT2D eigenvalue weighted by molar-refractivity contribution is -0.137. The quantitative estimate of drug-likeness (QED) is 0.611. The summed E-state index contributed by atoms with van der Waals surface area (Å²) in [5.74, 6) is -0.433. The van der Waals surface area contributed by atoms with Gasteiger partial charge in [-0.15, -0.1) is 6.58 Å². The predicted octanol–water partition coefficient (Wildman–Crippen LogP) is 4.00. The molecule has 0 heterocycles. The van der Waals surface area contributed by atoms with E-state index in [-0.39, 0.29) is 5.04 Å². The van der Waals surface area contributed by atoms with E-state index < -0.39 is 32.0 Å². The summed E-state index contributed by atoms with van der Waals surface area (Å²) >= 11 is 0. The van der Waals surface area contributed by atoms with Gasteiger partial charge in [-0.05, 0) is 45.3 Å². The number of amides is 1. The van der Waals surface area contributed by atoms with Crippen molar-refractivity contribution in [2.75, 3.05) is 0 Å². The number of ether oxygens (including phenoxy) is 1. The number of carbonyl (C=O) groups excluding carboxylic acids is 2. The van der Waals surface area contributed by atoms with Crippen LogP contribution >= 0.6 is 0 Å². The molecule has 0 fully saturated rings. The molecule has 0 saturated heterocycles. The minimum absolute atomic E-state index is 0.0900. The van der Waals surface area contributed by atoms with E-state index in [1.165, 1.54) is 0 Å². The Bertz CT molecular complexity index is 419. The second-order valence-corrected chi connectivity index (χ2v) is 12.6. The van der Waals surface area contributed by atoms with Crippen LogP contribution in [-0.4, -0.2) is 32.0 Å². The lowest BCUT2D eigenvalue weighted by Crippen LogP contribution is -2.50. The van der Waals surface area contributed by atoms with Gasteiger partial charge in [0, 0.05) is 0 Å². The molecule has 0 spiro atoms. The molecule has 22 heavy (non-hydrogen) atoms. The molecule has 128 valence electrons. The van der Waals surface area contributed by atoms with Crippen molar-refractivity contribution >= 4 is 20.4 Å². The van der Waals surface area contributed by atoms with Crippen LogP contribution in [0.25, 0.3) is 0 Å². The molecule has 1 amide bonds. The van der Waals surface area contributed by atoms with Gasteiger partial charge in [0.15, 0.2) is 0 Å². The molecule has 0 bridgehead atoms. The SMILES string of the molecule is C=CC[C@H](NC(=O)OC(C)(C)C)C(=O)O[Si](C)(C)C(C)(C)C. The molecule has 0 rings (SSSR count). The van der Waals surface area contributed by atoms with Crippen LogP contribution in [0.5, 0.6) is 0 Å². The molecule has 1 atom stereocenters. The highest BCUT2D eigenvalue weighted by atomic mass is 28.4. The Kier molecular flexibility index (Phi) is 6.87. The van der Waals surface area contributed by atoms with Crippen molar-refractivity contribution in [3.8, 4) is 0 Å². The maximum atomic E-state index is 12.4. The lowest BCUT2D eigenvalue weighted by Gasteiger charge is -2.36. The number of hydrogen-bond donors (Lipinski definition) is 1. The van der Waals surface area contributed by atoms with Crippen LogP contribution in [0.3, 0.4) is 0 Å². The highest BCUT2D eigenvalue weighted by molar-refractivity contribution is 6.75. The molecule has 0 aliphatic carbocycles. The average Bonchev–Trinajstić information content (AvgIpc) is 2.23. The Labute approximate surface area is 135 Å². The van der Waals surface area contributed by atoms with Crippen molar-refractivity contribution in [2.24, 2.45) is 0 Å². The average molecular weight is 330 g/mol. The van der Waals surface area contributed by atoms with E-state index in [1.54, 1.807) is 26.8 Å². The zero-order chi connectivity index (χ0) is 17.8. The summed E-state index contributed by atoms with van der Waals surface area (Å²) in [5.41, 5.74) is -0.619. The number of rotatable bonds is 5. The van der Waals surface area contributed by atoms with Crippen LogP contribution in [0.15, 0.2) is 12.7 Å². The Morgan fingerprint density at radius 2 is 1.68 bits per heavy atom. The van der Waals surface area contributed by atoms with Gasteiger partial charge in [-0.3, -0.25) is 4.79 Å². The van der Waals surface area contributed by atoms with Gasteiger partial charge in [-0.25, -0.2) is 4.79 Å². The first-order valence-corrected chi connectivity index (χ1v) is 10.4. The summed E-state index contributed by atoms with van der Waals surface area (Å²) in [6, 6.07) is -0.776. The number of hydrogen-bond acceptors (Lipinski definition) is 4. The van der Waals surface area contributed by atoms with E-state index in [0.717, 1.165) is 0 Å². The maximum absolute atomic E-state index is 12.4. The first-order chi connectivity index (χ1) is 9.69. The van der Waals surface area contributed by atoms with Crippen LogP contribution in [0.1, 0.15) is 48.0 Å². The van der Waals surface area contributed by atoms with Gasteiger partial charge in [0.2, 0.25) is 0 Å². The van der Waals surface area contributed by atoms with Gasteiger partial charge >= 0.3 is 12.1 Å². The summed E-state index contributed by atoms with van der Waals surface area (Å²) in [6.45, 7) is 19.1. The highest BCUT2D eigenvalue weighted by Crippen LogP contribution is 2.36. The van der Waals surface area contributed by atoms with E-state index >= 15 is 0 Å². The largest absolute Gasteiger partial charge is 0.518 e. The summed E-state index contributed by atoms with van der Waals surface area (Å²) in [7, 11) is -2.23. The predicted molar refractivity (Wildman–Crippen MR) is 91.3 cm³/mol. The molecule has 0 aromatic heterocycles. The Morgan fingerprint density at radius 3 is 2.05 bits per heavy atom. The van der Waals surface area contributed by atoms with E-state index in [4.69, 9.17) is 9.16 Å². The van der Waals surface area contributed by atoms with Crippen molar-refractivity contribution in [1.82, 2.24) is 5.32 Å². The molecule has 0 saturated carbocycles. The van der Waals surface area contributed by atoms with Crippen LogP contribution in [0.4, 0.5) is 4.79 Å². The minimum Gasteiger partial charge on any atom is -0.518 e. The summed E-state index contributed by atoms with van der Waals surface area (Å²) < 4.78 is 10.9. The third-order valence-electron chi connectivity index (χ3n) is 3.54. The molecule has 6 heteroatoms. The van der Waals surface area contributed by atoms with Crippen molar-refractivity contribution in [3.05, 3.63) is 12.7 Å². The standard InChI is InChI=1S/C16H31NO4Si/c1-10-11-12(17-14(19)20-15(2,3)4)13(18)21-22(8,9)16(5,6)7/h10,12H,1,11H2,2-9H3,(H,17,19)/t12-/m0/s1. The third-order valence-corrected chi connectivity index (χ3v) is 7.86. The molecular weight excluding hydrogens is 298 g/mol. The Balaban J connectivity index is 4.92. The van der Waals surface area contributed by atoms with E-state index in [2.05, 4.69) is 32.7 Å². The van der Waals surface area contributed by atoms with Crippen molar-refractivity contribution in [2.45, 2.75) is 77.7 Å². The molecule has 0 unspecified atom stereocenters. The molecule has 0 aromatic rings. The van der Waals surface area contributed by atoms with Gasteiger partial charge in [0.1, 0.15) is 11.6 Å². The monoisotopic (exact) mass is 329 g/mol. The second-order valence-electron chi connectivity index (χ2n) is 7.90. The fourth-order valence-corrected chi connectivity index (χ4v) is 2.26. The third kappa shape index (κ3) is 7.11. The van der Waals surface area contributed by atoms with Crippen molar-refractivity contribution < 1.29 is 18.8 Å². The van der Waals surface area contributed by atoms with E-state index in [0.29, 0.717) is 6.42 Å². The van der Waals surface area contributed by atoms with Crippen molar-refractivity contribution in [1.29, 1.82) is 0 Å². The summed E-state index contributed by atoms with van der Waals surface area (Å²) in [4.78, 5) is 24.2. The summed E-state index contributed by atoms with van der Waals surface area (Å²) in [6.07, 6.45) is 1.24. The highest BCUT2D eigenvalue weighted by Gasteiger charge is 2.41. The Morgan fingerprint density at radius 1 is 1.18 bits per heavy atom. The molecule has 1 N–H and O–H groups in total. The van der Waals surface area contributed by atoms with Crippen LogP contribution in [-0.2, 0) is 14.0 Å². The van der Waals surface area contributed by atoms with Gasteiger partial charge in [0.05, 0.1) is 0 Å². The first-order valence-electron chi connectivity index (χ1n) is 7.53. The fraction of sp³-hybridized carbons (Fsp3) is 0.750. The number of carbonyl (C=O) groups is 2. The van der Waals surface area contributed by atoms with E-state index in [9.17, 15) is 9.59 Å². The molecule has 0 aliphatic rings. The molecule has 0 aliphatic heterocycles. The fourth-order valence-electron chi connectivity index (χ4n) is 1.31. The number of nitrogens with one attached hydrogen (secondary N) is 1. The zero-order valence-corrected chi connectivity index (χ0v) is 16.2. The van der Waals surface area contributed by atoms with Gasteiger partial charge in [-0.1, -0.05) is 26.8 Å². The smallest absolute Gasteiger partial charge is 0.408 e. The minimum atomic E-state index is -2.23. The van der Waals surface area contributed by atoms with E-state index in [1.807, 2.05) is 13.1 Å². The number of alkyl carbamates (subject to hydrolysis) is 1. The van der Waals surface area contributed by atoms with Gasteiger partial charge < -0.3 is 14.5 Å². The molecule has 0 radical (unpaired) electrons. The topological polar surface area (TPSA) is 64.6 Å². The second kappa shape index (κ2) is 7.31. The molecular formula is C16H31NO4Si. The first kappa shape index (κ1) is 20.7. The van der Waals surface area contributed by atoms with Crippen molar-refractivity contribution in [3.63, 3.8) is 0 Å². The lowest BCUT2D eigenvalue weighted by atomic mass is 10.2. The van der Waals surface area contributed by atoms with Gasteiger partial charge in [0.25, 0.3) is 8.32 Å². The van der Waals surface area contributed by atoms with Crippen LogP contribution < -0.4 is 5.32 Å².